The molecular weight excluding hydrogens is 304 g/mol. The number of rotatable bonds is 6. The van der Waals surface area contributed by atoms with Gasteiger partial charge in [-0.05, 0) is 37.1 Å². The van der Waals surface area contributed by atoms with Gasteiger partial charge in [-0.3, -0.25) is 4.79 Å². The molecule has 2 N–H and O–H groups in total. The van der Waals surface area contributed by atoms with E-state index in [2.05, 4.69) is 10.3 Å². The number of aromatic nitrogens is 1. The molecule has 116 valence electrons. The van der Waals surface area contributed by atoms with Crippen LogP contribution >= 0.6 is 11.3 Å². The number of carbonyl (C=O) groups is 2. The summed E-state index contributed by atoms with van der Waals surface area (Å²) in [6.07, 6.45) is 1.72. The summed E-state index contributed by atoms with van der Waals surface area (Å²) in [6, 6.07) is 3.00. The normalized spacial score (nSPS) is 15.5. The number of hydrogen-bond acceptors (Lipinski definition) is 5. The fraction of sp³-hybridized carbons (Fsp3) is 0.400. The zero-order valence-electron chi connectivity index (χ0n) is 12.0. The molecule has 22 heavy (non-hydrogen) atoms. The minimum Gasteiger partial charge on any atom is -0.480 e. The quantitative estimate of drug-likeness (QED) is 0.851. The summed E-state index contributed by atoms with van der Waals surface area (Å²) < 4.78 is 5.58. The molecule has 1 unspecified atom stereocenters. The Bertz CT molecular complexity index is 688. The van der Waals surface area contributed by atoms with Crippen LogP contribution in [0.1, 0.15) is 24.3 Å². The molecule has 0 saturated heterocycles. The summed E-state index contributed by atoms with van der Waals surface area (Å²) in [7, 11) is 0. The van der Waals surface area contributed by atoms with Crippen LogP contribution in [0.4, 0.5) is 0 Å². The van der Waals surface area contributed by atoms with E-state index in [0.29, 0.717) is 17.3 Å². The summed E-state index contributed by atoms with van der Waals surface area (Å²) >= 11 is 1.51. The van der Waals surface area contributed by atoms with E-state index < -0.39 is 12.0 Å². The molecule has 1 atom stereocenters. The van der Waals surface area contributed by atoms with Crippen molar-refractivity contribution in [3.8, 4) is 10.8 Å². The van der Waals surface area contributed by atoms with E-state index in [1.54, 1.807) is 6.92 Å². The number of oxazole rings is 1. The van der Waals surface area contributed by atoms with Crippen molar-refractivity contribution >= 4 is 23.2 Å². The molecule has 2 aromatic heterocycles. The summed E-state index contributed by atoms with van der Waals surface area (Å²) in [4.78, 5) is 28.4. The third kappa shape index (κ3) is 3.19. The Morgan fingerprint density at radius 2 is 2.32 bits per heavy atom. The molecule has 0 aromatic carbocycles. The van der Waals surface area contributed by atoms with Gasteiger partial charge in [0.25, 0.3) is 0 Å². The highest BCUT2D eigenvalue weighted by molar-refractivity contribution is 7.13. The SMILES string of the molecule is Cc1oc(-c2cccs2)nc1CC(=O)NC(C(=O)O)C1CC1. The summed E-state index contributed by atoms with van der Waals surface area (Å²) in [5.41, 5.74) is 0.542. The predicted molar refractivity (Wildman–Crippen MR) is 80.5 cm³/mol. The van der Waals surface area contributed by atoms with Crippen LogP contribution in [-0.2, 0) is 16.0 Å². The average molecular weight is 320 g/mol. The van der Waals surface area contributed by atoms with Crippen molar-refractivity contribution < 1.29 is 19.1 Å². The Kier molecular flexibility index (Phi) is 3.98. The van der Waals surface area contributed by atoms with Crippen LogP contribution in [0.25, 0.3) is 10.8 Å². The van der Waals surface area contributed by atoms with Crippen molar-refractivity contribution in [2.24, 2.45) is 5.92 Å². The van der Waals surface area contributed by atoms with Gasteiger partial charge >= 0.3 is 5.97 Å². The maximum atomic E-state index is 12.1. The maximum Gasteiger partial charge on any atom is 0.326 e. The summed E-state index contributed by atoms with van der Waals surface area (Å²) in [5, 5.41) is 13.6. The summed E-state index contributed by atoms with van der Waals surface area (Å²) in [6.45, 7) is 1.75. The van der Waals surface area contributed by atoms with Crippen molar-refractivity contribution in [3.63, 3.8) is 0 Å². The van der Waals surface area contributed by atoms with Crippen LogP contribution in [-0.4, -0.2) is 28.0 Å². The smallest absolute Gasteiger partial charge is 0.326 e. The van der Waals surface area contributed by atoms with Crippen LogP contribution in [0.15, 0.2) is 21.9 Å². The minimum atomic E-state index is -0.980. The molecule has 0 spiro atoms. The first kappa shape index (κ1) is 14.8. The van der Waals surface area contributed by atoms with Gasteiger partial charge in [-0.25, -0.2) is 9.78 Å². The fourth-order valence-corrected chi connectivity index (χ4v) is 2.93. The molecule has 1 amide bonds. The summed E-state index contributed by atoms with van der Waals surface area (Å²) in [5.74, 6) is -0.189. The lowest BCUT2D eigenvalue weighted by Crippen LogP contribution is -2.43. The van der Waals surface area contributed by atoms with Crippen molar-refractivity contribution in [3.05, 3.63) is 29.0 Å². The van der Waals surface area contributed by atoms with Crippen molar-refractivity contribution in [2.45, 2.75) is 32.2 Å². The van der Waals surface area contributed by atoms with Crippen molar-refractivity contribution in [1.82, 2.24) is 10.3 Å². The second-order valence-corrected chi connectivity index (χ2v) is 6.34. The standard InChI is InChI=1S/C15H16N2O4S/c1-8-10(16-14(21-8)11-3-2-6-22-11)7-12(18)17-13(15(19)20)9-4-5-9/h2-3,6,9,13H,4-5,7H2,1H3,(H,17,18)(H,19,20). The first-order chi connectivity index (χ1) is 10.5. The van der Waals surface area contributed by atoms with Crippen LogP contribution in [0.2, 0.25) is 0 Å². The molecule has 0 radical (unpaired) electrons. The molecule has 2 aromatic rings. The Morgan fingerprint density at radius 3 is 2.91 bits per heavy atom. The van der Waals surface area contributed by atoms with Crippen molar-refractivity contribution in [1.29, 1.82) is 0 Å². The van der Waals surface area contributed by atoms with Crippen LogP contribution in [0.3, 0.4) is 0 Å². The number of hydrogen-bond donors (Lipinski definition) is 2. The molecule has 7 heteroatoms. The Morgan fingerprint density at radius 1 is 1.55 bits per heavy atom. The number of carboxylic acid groups (broad SMARTS) is 1. The molecule has 3 rings (SSSR count). The molecule has 1 saturated carbocycles. The second kappa shape index (κ2) is 5.92. The van der Waals surface area contributed by atoms with E-state index in [4.69, 9.17) is 9.52 Å². The van der Waals surface area contributed by atoms with Gasteiger partial charge in [-0.15, -0.1) is 11.3 Å². The molecular formula is C15H16N2O4S. The third-order valence-corrected chi connectivity index (χ3v) is 4.49. The predicted octanol–water partition coefficient (Wildman–Crippen LogP) is 2.23. The molecule has 0 aliphatic heterocycles. The van der Waals surface area contributed by atoms with Gasteiger partial charge in [-0.1, -0.05) is 6.07 Å². The van der Waals surface area contributed by atoms with Gasteiger partial charge in [0.15, 0.2) is 0 Å². The van der Waals surface area contributed by atoms with Gasteiger partial charge in [0, 0.05) is 0 Å². The number of thiophene rings is 1. The zero-order chi connectivity index (χ0) is 15.7. The topological polar surface area (TPSA) is 92.4 Å². The monoisotopic (exact) mass is 320 g/mol. The molecule has 1 fully saturated rings. The average Bonchev–Trinajstić information content (AvgIpc) is 3.02. The highest BCUT2D eigenvalue weighted by Gasteiger charge is 2.37. The first-order valence-corrected chi connectivity index (χ1v) is 7.95. The third-order valence-electron chi connectivity index (χ3n) is 3.63. The Balaban J connectivity index is 1.67. The second-order valence-electron chi connectivity index (χ2n) is 5.40. The molecule has 6 nitrogen and oxygen atoms in total. The number of aryl methyl sites for hydroxylation is 1. The lowest BCUT2D eigenvalue weighted by molar-refractivity contribution is -0.142. The fourth-order valence-electron chi connectivity index (χ4n) is 2.29. The lowest BCUT2D eigenvalue weighted by Gasteiger charge is -2.12. The van der Waals surface area contributed by atoms with E-state index in [0.717, 1.165) is 17.7 Å². The molecule has 0 bridgehead atoms. The first-order valence-electron chi connectivity index (χ1n) is 7.07. The number of carboxylic acids is 1. The Labute approximate surface area is 131 Å². The van der Waals surface area contributed by atoms with Crippen molar-refractivity contribution in [2.75, 3.05) is 0 Å². The molecule has 1 aliphatic carbocycles. The van der Waals surface area contributed by atoms with Crippen LogP contribution in [0, 0.1) is 12.8 Å². The maximum absolute atomic E-state index is 12.1. The van der Waals surface area contributed by atoms with E-state index in [1.165, 1.54) is 11.3 Å². The van der Waals surface area contributed by atoms with Crippen LogP contribution < -0.4 is 5.32 Å². The van der Waals surface area contributed by atoms with Gasteiger partial charge in [0.2, 0.25) is 11.8 Å². The minimum absolute atomic E-state index is 0.0250. The molecule has 2 heterocycles. The highest BCUT2D eigenvalue weighted by atomic mass is 32.1. The molecule has 1 aliphatic rings. The van der Waals surface area contributed by atoms with E-state index in [1.807, 2.05) is 17.5 Å². The Hall–Kier alpha value is -2.15. The number of amides is 1. The lowest BCUT2D eigenvalue weighted by atomic mass is 10.1. The van der Waals surface area contributed by atoms with Gasteiger partial charge in [0.05, 0.1) is 17.0 Å². The van der Waals surface area contributed by atoms with Gasteiger partial charge < -0.3 is 14.8 Å². The number of nitrogens with one attached hydrogen (secondary N) is 1. The van der Waals surface area contributed by atoms with E-state index >= 15 is 0 Å². The van der Waals surface area contributed by atoms with E-state index in [9.17, 15) is 9.59 Å². The number of carbonyl (C=O) groups excluding carboxylic acids is 1. The van der Waals surface area contributed by atoms with E-state index in [-0.39, 0.29) is 18.2 Å². The number of aliphatic carboxylic acids is 1. The largest absolute Gasteiger partial charge is 0.480 e. The highest BCUT2D eigenvalue weighted by Crippen LogP contribution is 2.33. The van der Waals surface area contributed by atoms with Gasteiger partial charge in [-0.2, -0.15) is 0 Å². The zero-order valence-corrected chi connectivity index (χ0v) is 12.9. The van der Waals surface area contributed by atoms with Crippen LogP contribution in [0.5, 0.6) is 0 Å². The van der Waals surface area contributed by atoms with Gasteiger partial charge in [0.1, 0.15) is 11.8 Å². The number of nitrogens with zero attached hydrogens (tertiary/aromatic N) is 1.